The van der Waals surface area contributed by atoms with E-state index in [2.05, 4.69) is 20.8 Å². The Bertz CT molecular complexity index is 331. The van der Waals surface area contributed by atoms with Gasteiger partial charge in [-0.1, -0.05) is 32.9 Å². The molecule has 2 N–H and O–H groups in total. The summed E-state index contributed by atoms with van der Waals surface area (Å²) in [5.41, 5.74) is 7.59. The third kappa shape index (κ3) is 3.18. The van der Waals surface area contributed by atoms with Gasteiger partial charge in [0.05, 0.1) is 0 Å². The highest BCUT2D eigenvalue weighted by Gasteiger charge is 2.24. The molecule has 0 fully saturated rings. The second-order valence-corrected chi connectivity index (χ2v) is 4.80. The zero-order chi connectivity index (χ0) is 10.9. The summed E-state index contributed by atoms with van der Waals surface area (Å²) in [6.45, 7) is 7.95. The molecule has 0 heterocycles. The molecule has 0 radical (unpaired) electrons. The Morgan fingerprint density at radius 3 is 2.27 bits per heavy atom. The predicted octanol–water partition coefficient (Wildman–Crippen LogP) is 3.60. The molecule has 1 aromatic rings. The van der Waals surface area contributed by atoms with Crippen LogP contribution in [0.3, 0.4) is 0 Å². The Kier molecular flexibility index (Phi) is 4.75. The molecule has 1 atom stereocenters. The number of rotatable bonds is 1. The Labute approximate surface area is 97.3 Å². The average Bonchev–Trinajstić information content (AvgIpc) is 2.07. The van der Waals surface area contributed by atoms with Crippen LogP contribution in [-0.2, 0) is 0 Å². The summed E-state index contributed by atoms with van der Waals surface area (Å²) in [5, 5.41) is 0. The first-order chi connectivity index (χ1) is 6.34. The molecule has 0 spiro atoms. The first kappa shape index (κ1) is 14.4. The van der Waals surface area contributed by atoms with Crippen molar-refractivity contribution < 1.29 is 4.39 Å². The molecule has 86 valence electrons. The Morgan fingerprint density at radius 1 is 1.27 bits per heavy atom. The maximum Gasteiger partial charge on any atom is 0.126 e. The highest BCUT2D eigenvalue weighted by atomic mass is 35.5. The molecule has 0 aliphatic rings. The van der Waals surface area contributed by atoms with Gasteiger partial charge in [0, 0.05) is 6.04 Å². The first-order valence-corrected chi connectivity index (χ1v) is 4.84. The molecule has 1 rings (SSSR count). The molecule has 0 saturated heterocycles. The van der Waals surface area contributed by atoms with Crippen molar-refractivity contribution in [2.75, 3.05) is 0 Å². The molecular formula is C12H19ClFN. The van der Waals surface area contributed by atoms with Gasteiger partial charge in [0.15, 0.2) is 0 Å². The van der Waals surface area contributed by atoms with Gasteiger partial charge < -0.3 is 5.73 Å². The van der Waals surface area contributed by atoms with E-state index in [-0.39, 0.29) is 29.7 Å². The van der Waals surface area contributed by atoms with Crippen LogP contribution in [0.25, 0.3) is 0 Å². The summed E-state index contributed by atoms with van der Waals surface area (Å²) in [7, 11) is 0. The summed E-state index contributed by atoms with van der Waals surface area (Å²) in [4.78, 5) is 0. The SMILES string of the molecule is Cc1c(F)cccc1[C@@H](N)C(C)(C)C.Cl. The maximum absolute atomic E-state index is 13.3. The smallest absolute Gasteiger partial charge is 0.126 e. The van der Waals surface area contributed by atoms with Crippen LogP contribution in [0.5, 0.6) is 0 Å². The van der Waals surface area contributed by atoms with E-state index in [4.69, 9.17) is 5.73 Å². The third-order valence-corrected chi connectivity index (χ3v) is 2.58. The Morgan fingerprint density at radius 2 is 1.80 bits per heavy atom. The lowest BCUT2D eigenvalue weighted by atomic mass is 9.81. The molecule has 0 aliphatic carbocycles. The van der Waals surface area contributed by atoms with E-state index in [9.17, 15) is 4.39 Å². The van der Waals surface area contributed by atoms with Crippen LogP contribution in [-0.4, -0.2) is 0 Å². The fourth-order valence-electron chi connectivity index (χ4n) is 1.43. The van der Waals surface area contributed by atoms with E-state index in [0.29, 0.717) is 5.56 Å². The fraction of sp³-hybridized carbons (Fsp3) is 0.500. The van der Waals surface area contributed by atoms with Crippen molar-refractivity contribution in [3.8, 4) is 0 Å². The molecule has 1 nitrogen and oxygen atoms in total. The summed E-state index contributed by atoms with van der Waals surface area (Å²) in [5.74, 6) is -0.179. The molecule has 0 aromatic heterocycles. The lowest BCUT2D eigenvalue weighted by Gasteiger charge is -2.28. The lowest BCUT2D eigenvalue weighted by Crippen LogP contribution is -2.27. The highest BCUT2D eigenvalue weighted by Crippen LogP contribution is 2.32. The van der Waals surface area contributed by atoms with Crippen LogP contribution in [0.1, 0.15) is 37.9 Å². The largest absolute Gasteiger partial charge is 0.324 e. The number of hydrogen-bond donors (Lipinski definition) is 1. The van der Waals surface area contributed by atoms with E-state index >= 15 is 0 Å². The van der Waals surface area contributed by atoms with Crippen LogP contribution in [0.4, 0.5) is 4.39 Å². The number of nitrogens with two attached hydrogens (primary N) is 1. The molecule has 3 heteroatoms. The molecule has 0 amide bonds. The van der Waals surface area contributed by atoms with Crippen LogP contribution in [0.15, 0.2) is 18.2 Å². The molecule has 0 bridgehead atoms. The van der Waals surface area contributed by atoms with Gasteiger partial charge in [-0.15, -0.1) is 12.4 Å². The predicted molar refractivity (Wildman–Crippen MR) is 64.8 cm³/mol. The Balaban J connectivity index is 0.00000196. The standard InChI is InChI=1S/C12H18FN.ClH/c1-8-9(6-5-7-10(8)13)11(14)12(2,3)4;/h5-7,11H,14H2,1-4H3;1H/t11-;/m1./s1. The number of hydrogen-bond acceptors (Lipinski definition) is 1. The van der Waals surface area contributed by atoms with Gasteiger partial charge in [-0.3, -0.25) is 0 Å². The van der Waals surface area contributed by atoms with Crippen LogP contribution in [0, 0.1) is 18.2 Å². The molecule has 0 unspecified atom stereocenters. The van der Waals surface area contributed by atoms with Crippen molar-refractivity contribution >= 4 is 12.4 Å². The summed E-state index contributed by atoms with van der Waals surface area (Å²) < 4.78 is 13.3. The monoisotopic (exact) mass is 231 g/mol. The summed E-state index contributed by atoms with van der Waals surface area (Å²) >= 11 is 0. The molecular weight excluding hydrogens is 213 g/mol. The highest BCUT2D eigenvalue weighted by molar-refractivity contribution is 5.85. The van der Waals surface area contributed by atoms with E-state index in [1.165, 1.54) is 6.07 Å². The summed E-state index contributed by atoms with van der Waals surface area (Å²) in [6, 6.07) is 4.95. The van der Waals surface area contributed by atoms with E-state index in [0.717, 1.165) is 5.56 Å². The summed E-state index contributed by atoms with van der Waals surface area (Å²) in [6.07, 6.45) is 0. The zero-order valence-electron chi connectivity index (χ0n) is 9.67. The zero-order valence-corrected chi connectivity index (χ0v) is 10.5. The topological polar surface area (TPSA) is 26.0 Å². The van der Waals surface area contributed by atoms with E-state index in [1.807, 2.05) is 6.07 Å². The lowest BCUT2D eigenvalue weighted by molar-refractivity contribution is 0.325. The Hall–Kier alpha value is -0.600. The van der Waals surface area contributed by atoms with Crippen LogP contribution >= 0.6 is 12.4 Å². The first-order valence-electron chi connectivity index (χ1n) is 4.84. The second kappa shape index (κ2) is 4.95. The van der Waals surface area contributed by atoms with Crippen LogP contribution < -0.4 is 5.73 Å². The molecule has 15 heavy (non-hydrogen) atoms. The minimum absolute atomic E-state index is 0. The van der Waals surface area contributed by atoms with Gasteiger partial charge >= 0.3 is 0 Å². The average molecular weight is 232 g/mol. The van der Waals surface area contributed by atoms with E-state index in [1.54, 1.807) is 13.0 Å². The quantitative estimate of drug-likeness (QED) is 0.785. The van der Waals surface area contributed by atoms with Crippen molar-refractivity contribution in [3.05, 3.63) is 35.1 Å². The maximum atomic E-state index is 13.3. The van der Waals surface area contributed by atoms with Crippen LogP contribution in [0.2, 0.25) is 0 Å². The number of benzene rings is 1. The molecule has 1 aromatic carbocycles. The van der Waals surface area contributed by atoms with Gasteiger partial charge in [-0.25, -0.2) is 4.39 Å². The fourth-order valence-corrected chi connectivity index (χ4v) is 1.43. The molecule has 0 aliphatic heterocycles. The normalized spacial score (nSPS) is 13.2. The van der Waals surface area contributed by atoms with Crippen molar-refractivity contribution in [3.63, 3.8) is 0 Å². The van der Waals surface area contributed by atoms with Crippen molar-refractivity contribution in [2.45, 2.75) is 33.7 Å². The van der Waals surface area contributed by atoms with Gasteiger partial charge in [-0.05, 0) is 29.5 Å². The van der Waals surface area contributed by atoms with Crippen molar-refractivity contribution in [2.24, 2.45) is 11.1 Å². The van der Waals surface area contributed by atoms with Gasteiger partial charge in [0.25, 0.3) is 0 Å². The second-order valence-electron chi connectivity index (χ2n) is 4.80. The number of halogens is 2. The third-order valence-electron chi connectivity index (χ3n) is 2.58. The molecule has 0 saturated carbocycles. The van der Waals surface area contributed by atoms with Gasteiger partial charge in [0.2, 0.25) is 0 Å². The van der Waals surface area contributed by atoms with Crippen molar-refractivity contribution in [1.29, 1.82) is 0 Å². The van der Waals surface area contributed by atoms with Crippen molar-refractivity contribution in [1.82, 2.24) is 0 Å². The van der Waals surface area contributed by atoms with E-state index < -0.39 is 0 Å². The van der Waals surface area contributed by atoms with Gasteiger partial charge in [-0.2, -0.15) is 0 Å². The minimum atomic E-state index is -0.179. The van der Waals surface area contributed by atoms with Gasteiger partial charge in [0.1, 0.15) is 5.82 Å². The minimum Gasteiger partial charge on any atom is -0.324 e.